The number of nitrogen functional groups attached to an aromatic ring is 1. The van der Waals surface area contributed by atoms with E-state index in [1.807, 2.05) is 13.0 Å². The van der Waals surface area contributed by atoms with Gasteiger partial charge in [0.25, 0.3) is 0 Å². The number of hydrogen-bond donors (Lipinski definition) is 2. The number of Topliss-reactive ketones (excluding diaryl/α,β-unsaturated/α-hetero) is 1. The second-order valence-electron chi connectivity index (χ2n) is 4.24. The molecule has 0 aliphatic heterocycles. The van der Waals surface area contributed by atoms with Gasteiger partial charge in [-0.1, -0.05) is 13.0 Å². The minimum absolute atomic E-state index is 0.0529. The Kier molecular flexibility index (Phi) is 5.03. The molecule has 4 nitrogen and oxygen atoms in total. The van der Waals surface area contributed by atoms with Crippen LogP contribution in [0.5, 0.6) is 5.75 Å². The summed E-state index contributed by atoms with van der Waals surface area (Å²) in [5.41, 5.74) is 6.43. The lowest BCUT2D eigenvalue weighted by molar-refractivity contribution is 0.0992. The lowest BCUT2D eigenvalue weighted by atomic mass is 10.2. The van der Waals surface area contributed by atoms with Crippen LogP contribution in [0.15, 0.2) is 17.5 Å². The van der Waals surface area contributed by atoms with Crippen LogP contribution in [-0.4, -0.2) is 19.4 Å². The molecular weight excluding hydrogens is 292 g/mol. The SMILES string of the molecule is CCC(=O)c1sc(NCCc2cccs2)c(OC)c1N. The fourth-order valence-electron chi connectivity index (χ4n) is 1.87. The van der Waals surface area contributed by atoms with Gasteiger partial charge in [0.05, 0.1) is 17.7 Å². The number of hydrogen-bond acceptors (Lipinski definition) is 6. The number of ether oxygens (including phenoxy) is 1. The molecule has 0 unspecified atom stereocenters. The van der Waals surface area contributed by atoms with E-state index in [0.29, 0.717) is 22.7 Å². The summed E-state index contributed by atoms with van der Waals surface area (Å²) in [6.07, 6.45) is 1.39. The van der Waals surface area contributed by atoms with Crippen LogP contribution in [0.4, 0.5) is 10.7 Å². The third-order valence-electron chi connectivity index (χ3n) is 2.92. The zero-order chi connectivity index (χ0) is 14.5. The van der Waals surface area contributed by atoms with Gasteiger partial charge >= 0.3 is 0 Å². The second-order valence-corrected chi connectivity index (χ2v) is 6.29. The number of nitrogens with one attached hydrogen (secondary N) is 1. The van der Waals surface area contributed by atoms with Gasteiger partial charge in [0.15, 0.2) is 11.5 Å². The zero-order valence-electron chi connectivity index (χ0n) is 11.6. The molecule has 0 radical (unpaired) electrons. The molecule has 2 heterocycles. The highest BCUT2D eigenvalue weighted by Gasteiger charge is 2.20. The summed E-state index contributed by atoms with van der Waals surface area (Å²) in [5, 5.41) is 6.21. The van der Waals surface area contributed by atoms with Gasteiger partial charge in [0.1, 0.15) is 5.00 Å². The number of carbonyl (C=O) groups is 1. The van der Waals surface area contributed by atoms with Crippen LogP contribution in [0.1, 0.15) is 27.9 Å². The summed E-state index contributed by atoms with van der Waals surface area (Å²) in [5.74, 6) is 0.634. The van der Waals surface area contributed by atoms with Gasteiger partial charge in [-0.15, -0.1) is 22.7 Å². The van der Waals surface area contributed by atoms with Gasteiger partial charge in [0.2, 0.25) is 0 Å². The fraction of sp³-hybridized carbons (Fsp3) is 0.357. The van der Waals surface area contributed by atoms with Crippen LogP contribution in [-0.2, 0) is 6.42 Å². The number of ketones is 1. The first-order valence-corrected chi connectivity index (χ1v) is 8.12. The molecular formula is C14H18N2O2S2. The zero-order valence-corrected chi connectivity index (χ0v) is 13.2. The number of carbonyl (C=O) groups excluding carboxylic acids is 1. The van der Waals surface area contributed by atoms with Gasteiger partial charge in [-0.25, -0.2) is 0 Å². The minimum atomic E-state index is 0.0529. The van der Waals surface area contributed by atoms with E-state index in [9.17, 15) is 4.79 Å². The van der Waals surface area contributed by atoms with E-state index in [1.165, 1.54) is 16.2 Å². The molecule has 20 heavy (non-hydrogen) atoms. The normalized spacial score (nSPS) is 10.5. The summed E-state index contributed by atoms with van der Waals surface area (Å²) in [7, 11) is 1.57. The molecule has 0 saturated heterocycles. The lowest BCUT2D eigenvalue weighted by Gasteiger charge is -2.06. The van der Waals surface area contributed by atoms with Crippen molar-refractivity contribution in [2.24, 2.45) is 0 Å². The summed E-state index contributed by atoms with van der Waals surface area (Å²) < 4.78 is 5.31. The van der Waals surface area contributed by atoms with Crippen molar-refractivity contribution in [3.63, 3.8) is 0 Å². The molecule has 2 aromatic heterocycles. The first kappa shape index (κ1) is 14.9. The molecule has 0 aliphatic carbocycles. The highest BCUT2D eigenvalue weighted by atomic mass is 32.1. The summed E-state index contributed by atoms with van der Waals surface area (Å²) in [6.45, 7) is 2.62. The molecule has 3 N–H and O–H groups in total. The molecule has 0 bridgehead atoms. The molecule has 0 saturated carbocycles. The van der Waals surface area contributed by atoms with E-state index in [1.54, 1.807) is 18.4 Å². The highest BCUT2D eigenvalue weighted by Crippen LogP contribution is 2.42. The Morgan fingerprint density at radius 3 is 2.90 bits per heavy atom. The third-order valence-corrected chi connectivity index (χ3v) is 5.04. The van der Waals surface area contributed by atoms with Crippen molar-refractivity contribution in [1.82, 2.24) is 0 Å². The summed E-state index contributed by atoms with van der Waals surface area (Å²) >= 11 is 3.11. The maximum Gasteiger partial charge on any atom is 0.176 e. The standard InChI is InChI=1S/C14H18N2O2S2/c1-3-10(17)13-11(15)12(18-2)14(20-13)16-7-6-9-5-4-8-19-9/h4-5,8,16H,3,6-7,15H2,1-2H3. The van der Waals surface area contributed by atoms with Crippen molar-refractivity contribution in [2.75, 3.05) is 24.7 Å². The Hall–Kier alpha value is -1.53. The monoisotopic (exact) mass is 310 g/mol. The van der Waals surface area contributed by atoms with Gasteiger partial charge in [-0.3, -0.25) is 4.79 Å². The van der Waals surface area contributed by atoms with E-state index in [-0.39, 0.29) is 5.78 Å². The molecule has 0 spiro atoms. The lowest BCUT2D eigenvalue weighted by Crippen LogP contribution is -2.03. The maximum atomic E-state index is 11.8. The minimum Gasteiger partial charge on any atom is -0.492 e. The molecule has 2 aromatic rings. The third kappa shape index (κ3) is 3.13. The number of anilines is 2. The van der Waals surface area contributed by atoms with Crippen molar-refractivity contribution in [3.05, 3.63) is 27.3 Å². The Bertz CT molecular complexity index is 576. The molecule has 108 valence electrons. The molecule has 0 atom stereocenters. The summed E-state index contributed by atoms with van der Waals surface area (Å²) in [4.78, 5) is 13.7. The average Bonchev–Trinajstić information content (AvgIpc) is 3.06. The first-order valence-electron chi connectivity index (χ1n) is 6.43. The van der Waals surface area contributed by atoms with E-state index in [2.05, 4.69) is 16.8 Å². The van der Waals surface area contributed by atoms with Gasteiger partial charge in [-0.2, -0.15) is 0 Å². The topological polar surface area (TPSA) is 64.3 Å². The van der Waals surface area contributed by atoms with Gasteiger partial charge in [0, 0.05) is 17.8 Å². The van der Waals surface area contributed by atoms with Crippen LogP contribution in [0.2, 0.25) is 0 Å². The van der Waals surface area contributed by atoms with Gasteiger partial charge in [-0.05, 0) is 17.9 Å². The largest absolute Gasteiger partial charge is 0.492 e. The second kappa shape index (κ2) is 6.76. The van der Waals surface area contributed by atoms with Crippen LogP contribution in [0.25, 0.3) is 0 Å². The van der Waals surface area contributed by atoms with Crippen LogP contribution in [0, 0.1) is 0 Å². The average molecular weight is 310 g/mol. The van der Waals surface area contributed by atoms with Crippen molar-refractivity contribution in [1.29, 1.82) is 0 Å². The van der Waals surface area contributed by atoms with E-state index in [0.717, 1.165) is 18.0 Å². The Morgan fingerprint density at radius 1 is 1.50 bits per heavy atom. The van der Waals surface area contributed by atoms with E-state index < -0.39 is 0 Å². The first-order chi connectivity index (χ1) is 9.67. The molecule has 6 heteroatoms. The van der Waals surface area contributed by atoms with Gasteiger partial charge < -0.3 is 15.8 Å². The van der Waals surface area contributed by atoms with Crippen molar-refractivity contribution >= 4 is 39.1 Å². The molecule has 0 amide bonds. The van der Waals surface area contributed by atoms with Crippen LogP contribution >= 0.6 is 22.7 Å². The Morgan fingerprint density at radius 2 is 2.30 bits per heavy atom. The molecule has 0 aliphatic rings. The fourth-order valence-corrected chi connectivity index (χ4v) is 3.70. The summed E-state index contributed by atoms with van der Waals surface area (Å²) in [6, 6.07) is 4.15. The number of nitrogens with two attached hydrogens (primary N) is 1. The van der Waals surface area contributed by atoms with Crippen LogP contribution in [0.3, 0.4) is 0 Å². The van der Waals surface area contributed by atoms with E-state index >= 15 is 0 Å². The Labute approximate surface area is 126 Å². The van der Waals surface area contributed by atoms with Crippen molar-refractivity contribution in [2.45, 2.75) is 19.8 Å². The Balaban J connectivity index is 2.08. The predicted octanol–water partition coefficient (Wildman–Crippen LogP) is 3.65. The quantitative estimate of drug-likeness (QED) is 0.766. The molecule has 0 fully saturated rings. The number of methoxy groups -OCH3 is 1. The number of rotatable bonds is 7. The van der Waals surface area contributed by atoms with Crippen LogP contribution < -0.4 is 15.8 Å². The smallest absolute Gasteiger partial charge is 0.176 e. The van der Waals surface area contributed by atoms with Crippen molar-refractivity contribution < 1.29 is 9.53 Å². The molecule has 0 aromatic carbocycles. The molecule has 2 rings (SSSR count). The van der Waals surface area contributed by atoms with E-state index in [4.69, 9.17) is 10.5 Å². The predicted molar refractivity (Wildman–Crippen MR) is 86.4 cm³/mol. The maximum absolute atomic E-state index is 11.8. The number of thiophene rings is 2. The highest BCUT2D eigenvalue weighted by molar-refractivity contribution is 7.19. The van der Waals surface area contributed by atoms with Crippen molar-refractivity contribution in [3.8, 4) is 5.75 Å².